The van der Waals surface area contributed by atoms with Crippen molar-refractivity contribution < 1.29 is 4.42 Å². The van der Waals surface area contributed by atoms with Gasteiger partial charge < -0.3 is 14.6 Å². The van der Waals surface area contributed by atoms with Gasteiger partial charge in [-0.3, -0.25) is 0 Å². The van der Waals surface area contributed by atoms with Crippen molar-refractivity contribution in [3.63, 3.8) is 0 Å². The second-order valence-electron chi connectivity index (χ2n) is 4.90. The molecule has 0 saturated carbocycles. The van der Waals surface area contributed by atoms with Gasteiger partial charge in [0.15, 0.2) is 12.2 Å². The molecule has 2 aromatic heterocycles. The third-order valence-electron chi connectivity index (χ3n) is 3.28. The SMILES string of the molecule is Cc1ccc(N2CC(CNCc3cnco3)C2)nn1. The molecule has 3 heterocycles. The van der Waals surface area contributed by atoms with E-state index in [9.17, 15) is 0 Å². The van der Waals surface area contributed by atoms with E-state index in [1.54, 1.807) is 6.20 Å². The fraction of sp³-hybridized carbons (Fsp3) is 0.462. The zero-order chi connectivity index (χ0) is 13.1. The average molecular weight is 259 g/mol. The van der Waals surface area contributed by atoms with E-state index in [4.69, 9.17) is 4.42 Å². The molecule has 1 saturated heterocycles. The smallest absolute Gasteiger partial charge is 0.180 e. The Balaban J connectivity index is 1.39. The second-order valence-corrected chi connectivity index (χ2v) is 4.90. The van der Waals surface area contributed by atoms with Gasteiger partial charge in [0.25, 0.3) is 0 Å². The van der Waals surface area contributed by atoms with Gasteiger partial charge in [0, 0.05) is 25.6 Å². The van der Waals surface area contributed by atoms with E-state index in [0.29, 0.717) is 5.92 Å². The lowest BCUT2D eigenvalue weighted by atomic mass is 10.0. The molecule has 1 aliphatic rings. The predicted molar refractivity (Wildman–Crippen MR) is 70.7 cm³/mol. The van der Waals surface area contributed by atoms with Crippen LogP contribution in [0.4, 0.5) is 5.82 Å². The molecule has 6 nitrogen and oxygen atoms in total. The highest BCUT2D eigenvalue weighted by Gasteiger charge is 2.27. The van der Waals surface area contributed by atoms with E-state index < -0.39 is 0 Å². The van der Waals surface area contributed by atoms with Gasteiger partial charge in [0.05, 0.1) is 18.4 Å². The zero-order valence-electron chi connectivity index (χ0n) is 10.9. The predicted octanol–water partition coefficient (Wildman–Crippen LogP) is 0.999. The van der Waals surface area contributed by atoms with Crippen LogP contribution in [0.5, 0.6) is 0 Å². The Morgan fingerprint density at radius 3 is 2.95 bits per heavy atom. The largest absolute Gasteiger partial charge is 0.447 e. The van der Waals surface area contributed by atoms with Crippen LogP contribution in [0.15, 0.2) is 29.1 Å². The molecule has 0 unspecified atom stereocenters. The minimum absolute atomic E-state index is 0.658. The molecule has 0 aliphatic carbocycles. The third-order valence-corrected chi connectivity index (χ3v) is 3.28. The Labute approximate surface area is 111 Å². The van der Waals surface area contributed by atoms with Gasteiger partial charge in [-0.25, -0.2) is 4.98 Å². The van der Waals surface area contributed by atoms with E-state index >= 15 is 0 Å². The lowest BCUT2D eigenvalue weighted by molar-refractivity contribution is 0.371. The van der Waals surface area contributed by atoms with Crippen LogP contribution in [0, 0.1) is 12.8 Å². The molecular weight excluding hydrogens is 242 g/mol. The van der Waals surface area contributed by atoms with Gasteiger partial charge in [-0.1, -0.05) is 0 Å². The minimum atomic E-state index is 0.658. The maximum atomic E-state index is 5.17. The highest BCUT2D eigenvalue weighted by Crippen LogP contribution is 2.21. The summed E-state index contributed by atoms with van der Waals surface area (Å²) in [4.78, 5) is 6.13. The van der Waals surface area contributed by atoms with Crippen LogP contribution in [0.3, 0.4) is 0 Å². The van der Waals surface area contributed by atoms with E-state index in [1.807, 2.05) is 19.1 Å². The number of nitrogens with zero attached hydrogens (tertiary/aromatic N) is 4. The van der Waals surface area contributed by atoms with Crippen molar-refractivity contribution in [3.8, 4) is 0 Å². The monoisotopic (exact) mass is 259 g/mol. The van der Waals surface area contributed by atoms with Crippen LogP contribution in [-0.2, 0) is 6.54 Å². The van der Waals surface area contributed by atoms with E-state index in [0.717, 1.165) is 43.5 Å². The number of aryl methyl sites for hydroxylation is 1. The summed E-state index contributed by atoms with van der Waals surface area (Å²) >= 11 is 0. The Morgan fingerprint density at radius 2 is 2.26 bits per heavy atom. The summed E-state index contributed by atoms with van der Waals surface area (Å²) in [6, 6.07) is 4.03. The Hall–Kier alpha value is -1.95. The lowest BCUT2D eigenvalue weighted by Crippen LogP contribution is -2.51. The number of hydrogen-bond donors (Lipinski definition) is 1. The van der Waals surface area contributed by atoms with Crippen molar-refractivity contribution in [2.75, 3.05) is 24.5 Å². The van der Waals surface area contributed by atoms with Gasteiger partial charge >= 0.3 is 0 Å². The summed E-state index contributed by atoms with van der Waals surface area (Å²) in [6.07, 6.45) is 3.19. The number of anilines is 1. The fourth-order valence-corrected chi connectivity index (χ4v) is 2.18. The maximum Gasteiger partial charge on any atom is 0.180 e. The first kappa shape index (κ1) is 12.1. The van der Waals surface area contributed by atoms with Gasteiger partial charge in [-0.05, 0) is 19.1 Å². The van der Waals surface area contributed by atoms with E-state index in [2.05, 4.69) is 25.4 Å². The molecule has 0 bridgehead atoms. The molecule has 0 aromatic carbocycles. The first-order valence-electron chi connectivity index (χ1n) is 6.44. The van der Waals surface area contributed by atoms with Crippen molar-refractivity contribution in [2.45, 2.75) is 13.5 Å². The molecule has 0 amide bonds. The van der Waals surface area contributed by atoms with Crippen LogP contribution >= 0.6 is 0 Å². The number of rotatable bonds is 5. The van der Waals surface area contributed by atoms with Crippen LogP contribution in [0.2, 0.25) is 0 Å². The molecular formula is C13H17N5O. The summed E-state index contributed by atoms with van der Waals surface area (Å²) in [6.45, 7) is 5.72. The summed E-state index contributed by atoms with van der Waals surface area (Å²) in [5.74, 6) is 2.50. The van der Waals surface area contributed by atoms with Crippen molar-refractivity contribution in [3.05, 3.63) is 36.2 Å². The maximum absolute atomic E-state index is 5.17. The fourth-order valence-electron chi connectivity index (χ4n) is 2.18. The summed E-state index contributed by atoms with van der Waals surface area (Å²) in [5.41, 5.74) is 0.953. The normalized spacial score (nSPS) is 15.5. The Kier molecular flexibility index (Phi) is 3.41. The van der Waals surface area contributed by atoms with Crippen molar-refractivity contribution >= 4 is 5.82 Å². The average Bonchev–Trinajstić information content (AvgIpc) is 2.87. The standard InChI is InChI=1S/C13H17N5O/c1-10-2-3-13(17-16-10)18-7-11(8-18)4-14-5-12-6-15-9-19-12/h2-3,6,9,11,14H,4-5,7-8H2,1H3. The van der Waals surface area contributed by atoms with Crippen molar-refractivity contribution in [1.29, 1.82) is 0 Å². The Bertz CT molecular complexity index is 504. The number of hydrogen-bond acceptors (Lipinski definition) is 6. The molecule has 0 atom stereocenters. The summed E-state index contributed by atoms with van der Waals surface area (Å²) < 4.78 is 5.17. The molecule has 1 N–H and O–H groups in total. The van der Waals surface area contributed by atoms with Crippen molar-refractivity contribution in [2.24, 2.45) is 5.92 Å². The second kappa shape index (κ2) is 5.36. The molecule has 1 fully saturated rings. The van der Waals surface area contributed by atoms with Crippen LogP contribution in [0.1, 0.15) is 11.5 Å². The minimum Gasteiger partial charge on any atom is -0.447 e. The molecule has 19 heavy (non-hydrogen) atoms. The molecule has 100 valence electrons. The van der Waals surface area contributed by atoms with Crippen LogP contribution < -0.4 is 10.2 Å². The quantitative estimate of drug-likeness (QED) is 0.864. The van der Waals surface area contributed by atoms with Gasteiger partial charge in [-0.2, -0.15) is 5.10 Å². The number of aromatic nitrogens is 3. The summed E-state index contributed by atoms with van der Waals surface area (Å²) in [5, 5.41) is 11.6. The number of oxazole rings is 1. The van der Waals surface area contributed by atoms with E-state index in [-0.39, 0.29) is 0 Å². The molecule has 3 rings (SSSR count). The Morgan fingerprint density at radius 1 is 1.37 bits per heavy atom. The molecule has 2 aromatic rings. The lowest BCUT2D eigenvalue weighted by Gasteiger charge is -2.40. The number of nitrogens with one attached hydrogen (secondary N) is 1. The van der Waals surface area contributed by atoms with Crippen LogP contribution in [0.25, 0.3) is 0 Å². The third kappa shape index (κ3) is 2.90. The highest BCUT2D eigenvalue weighted by atomic mass is 16.3. The van der Waals surface area contributed by atoms with Gasteiger partial charge in [-0.15, -0.1) is 5.10 Å². The van der Waals surface area contributed by atoms with Gasteiger partial charge in [0.1, 0.15) is 5.76 Å². The molecule has 0 radical (unpaired) electrons. The topological polar surface area (TPSA) is 67.1 Å². The summed E-state index contributed by atoms with van der Waals surface area (Å²) in [7, 11) is 0. The van der Waals surface area contributed by atoms with E-state index in [1.165, 1.54) is 6.39 Å². The molecule has 6 heteroatoms. The molecule has 1 aliphatic heterocycles. The highest BCUT2D eigenvalue weighted by molar-refractivity contribution is 5.40. The zero-order valence-corrected chi connectivity index (χ0v) is 10.9. The van der Waals surface area contributed by atoms with Crippen molar-refractivity contribution in [1.82, 2.24) is 20.5 Å². The first-order valence-corrected chi connectivity index (χ1v) is 6.44. The first-order chi connectivity index (χ1) is 9.31. The van der Waals surface area contributed by atoms with Crippen LogP contribution in [-0.4, -0.2) is 34.8 Å². The van der Waals surface area contributed by atoms with Gasteiger partial charge in [0.2, 0.25) is 0 Å². The molecule has 0 spiro atoms.